The van der Waals surface area contributed by atoms with Crippen LogP contribution < -0.4 is 10.1 Å². The van der Waals surface area contributed by atoms with E-state index < -0.39 is 5.97 Å². The second-order valence-corrected chi connectivity index (χ2v) is 11.0. The number of rotatable bonds is 8. The third kappa shape index (κ3) is 4.75. The van der Waals surface area contributed by atoms with Crippen LogP contribution in [0.2, 0.25) is 0 Å². The lowest BCUT2D eigenvalue weighted by molar-refractivity contribution is -0.138. The number of carbonyl (C=O) groups is 1. The number of fused-ring (bicyclic) bond motifs is 1. The molecular formula is C31H33FN2O4. The van der Waals surface area contributed by atoms with E-state index >= 15 is 4.39 Å². The van der Waals surface area contributed by atoms with Crippen LogP contribution in [0, 0.1) is 31.5 Å². The lowest BCUT2D eigenvalue weighted by Crippen LogP contribution is -2.12. The molecule has 1 unspecified atom stereocenters. The van der Waals surface area contributed by atoms with Crippen molar-refractivity contribution >= 4 is 11.8 Å². The van der Waals surface area contributed by atoms with Crippen LogP contribution in [0.4, 0.5) is 10.2 Å². The summed E-state index contributed by atoms with van der Waals surface area (Å²) in [5.41, 5.74) is 7.14. The van der Waals surface area contributed by atoms with Gasteiger partial charge in [-0.3, -0.25) is 4.79 Å². The summed E-state index contributed by atoms with van der Waals surface area (Å²) in [6, 6.07) is 11.3. The highest BCUT2D eigenvalue weighted by molar-refractivity contribution is 5.77. The topological polar surface area (TPSA) is 80.7 Å². The fourth-order valence-electron chi connectivity index (χ4n) is 6.18. The summed E-state index contributed by atoms with van der Waals surface area (Å²) in [6.07, 6.45) is 5.00. The number of halogens is 1. The maximum Gasteiger partial charge on any atom is 0.307 e. The monoisotopic (exact) mass is 516 g/mol. The van der Waals surface area contributed by atoms with E-state index in [1.54, 1.807) is 12.3 Å². The standard InChI is InChI=1S/C31H33FN2O4/c1-17-11-21(38-16-19-9-10-37-15-19)12-18(2)29(17)22-4-6-26(32)30-23(22)5-7-27(30)34-28-8-3-20(14-33-28)24-13-25(24)31(35)36/h3-4,6,8,11-12,14,19,24-25,27H,5,7,9-10,13,15-16H2,1-2H3,(H,33,34)(H,35,36)/t19?,24-,25+,27+/m0/s1. The Morgan fingerprint density at radius 3 is 2.66 bits per heavy atom. The Morgan fingerprint density at radius 1 is 1.18 bits per heavy atom. The van der Waals surface area contributed by atoms with E-state index in [1.165, 1.54) is 0 Å². The Kier molecular flexibility index (Phi) is 6.56. The number of aromatic nitrogens is 1. The summed E-state index contributed by atoms with van der Waals surface area (Å²) in [7, 11) is 0. The highest BCUT2D eigenvalue weighted by Gasteiger charge is 2.44. The minimum Gasteiger partial charge on any atom is -0.493 e. The third-order valence-electron chi connectivity index (χ3n) is 8.26. The van der Waals surface area contributed by atoms with Crippen molar-refractivity contribution in [2.24, 2.45) is 11.8 Å². The van der Waals surface area contributed by atoms with E-state index in [-0.39, 0.29) is 23.7 Å². The van der Waals surface area contributed by atoms with Gasteiger partial charge in [0.25, 0.3) is 0 Å². The van der Waals surface area contributed by atoms with Gasteiger partial charge in [0.05, 0.1) is 25.2 Å². The summed E-state index contributed by atoms with van der Waals surface area (Å²) >= 11 is 0. The van der Waals surface area contributed by atoms with Crippen LogP contribution in [0.1, 0.15) is 59.0 Å². The first-order chi connectivity index (χ1) is 18.4. The quantitative estimate of drug-likeness (QED) is 0.371. The second-order valence-electron chi connectivity index (χ2n) is 11.0. The number of nitrogens with one attached hydrogen (secondary N) is 1. The van der Waals surface area contributed by atoms with Crippen molar-refractivity contribution in [1.82, 2.24) is 4.98 Å². The fraction of sp³-hybridized carbons (Fsp3) is 0.419. The average molecular weight is 517 g/mol. The highest BCUT2D eigenvalue weighted by atomic mass is 19.1. The molecule has 0 spiro atoms. The maximum absolute atomic E-state index is 15.2. The van der Waals surface area contributed by atoms with Crippen LogP contribution in [0.5, 0.6) is 5.75 Å². The minimum atomic E-state index is -0.752. The molecule has 198 valence electrons. The van der Waals surface area contributed by atoms with Crippen LogP contribution in [0.25, 0.3) is 11.1 Å². The number of ether oxygens (including phenoxy) is 2. The molecule has 2 aliphatic carbocycles. The molecule has 0 radical (unpaired) electrons. The molecule has 3 aromatic rings. The molecule has 1 saturated carbocycles. The summed E-state index contributed by atoms with van der Waals surface area (Å²) in [5.74, 6) is 0.765. The largest absolute Gasteiger partial charge is 0.493 e. The Balaban J connectivity index is 1.22. The molecule has 6 nitrogen and oxygen atoms in total. The van der Waals surface area contributed by atoms with E-state index in [1.807, 2.05) is 18.2 Å². The van der Waals surface area contributed by atoms with Gasteiger partial charge in [-0.2, -0.15) is 0 Å². The third-order valence-corrected chi connectivity index (χ3v) is 8.26. The van der Waals surface area contributed by atoms with Gasteiger partial charge >= 0.3 is 5.97 Å². The normalized spacial score (nSPS) is 23.8. The number of aryl methyl sites for hydroxylation is 2. The minimum absolute atomic E-state index is 0.0428. The van der Waals surface area contributed by atoms with Gasteiger partial charge in [0.1, 0.15) is 17.4 Å². The van der Waals surface area contributed by atoms with Crippen molar-refractivity contribution < 1.29 is 23.8 Å². The first-order valence-corrected chi connectivity index (χ1v) is 13.5. The van der Waals surface area contributed by atoms with Crippen molar-refractivity contribution in [3.8, 4) is 16.9 Å². The predicted molar refractivity (Wildman–Crippen MR) is 143 cm³/mol. The molecule has 0 amide bonds. The van der Waals surface area contributed by atoms with E-state index in [4.69, 9.17) is 9.47 Å². The SMILES string of the molecule is Cc1cc(OCC2CCOC2)cc(C)c1-c1ccc(F)c2c1CC[C@H]2Nc1ccc([C@@H]2C[C@H]2C(=O)O)cn1. The summed E-state index contributed by atoms with van der Waals surface area (Å²) in [4.78, 5) is 15.7. The molecule has 2 heterocycles. The molecular weight excluding hydrogens is 483 g/mol. The van der Waals surface area contributed by atoms with Crippen LogP contribution >= 0.6 is 0 Å². The summed E-state index contributed by atoms with van der Waals surface area (Å²) < 4.78 is 26.8. The van der Waals surface area contributed by atoms with Crippen LogP contribution in [-0.4, -0.2) is 35.9 Å². The fourth-order valence-corrected chi connectivity index (χ4v) is 6.18. The molecule has 7 heteroatoms. The number of carboxylic acid groups (broad SMARTS) is 1. The van der Waals surface area contributed by atoms with Gasteiger partial charge in [0.15, 0.2) is 0 Å². The summed E-state index contributed by atoms with van der Waals surface area (Å²) in [6.45, 7) is 6.42. The van der Waals surface area contributed by atoms with E-state index in [0.29, 0.717) is 30.3 Å². The van der Waals surface area contributed by atoms with Gasteiger partial charge in [-0.25, -0.2) is 9.37 Å². The first-order valence-electron chi connectivity index (χ1n) is 13.5. The summed E-state index contributed by atoms with van der Waals surface area (Å²) in [5, 5.41) is 12.6. The van der Waals surface area contributed by atoms with Gasteiger partial charge < -0.3 is 19.9 Å². The van der Waals surface area contributed by atoms with E-state index in [2.05, 4.69) is 36.3 Å². The van der Waals surface area contributed by atoms with Crippen molar-refractivity contribution in [2.45, 2.75) is 51.5 Å². The first kappa shape index (κ1) is 24.9. The molecule has 1 saturated heterocycles. The molecule has 3 aliphatic rings. The predicted octanol–water partition coefficient (Wildman–Crippen LogP) is 6.21. The lowest BCUT2D eigenvalue weighted by atomic mass is 9.90. The van der Waals surface area contributed by atoms with Crippen molar-refractivity contribution in [3.63, 3.8) is 0 Å². The number of hydrogen-bond acceptors (Lipinski definition) is 5. The van der Waals surface area contributed by atoms with Crippen molar-refractivity contribution in [2.75, 3.05) is 25.1 Å². The Hall–Kier alpha value is -3.45. The van der Waals surface area contributed by atoms with Crippen LogP contribution in [-0.2, 0) is 16.0 Å². The molecule has 4 atom stereocenters. The van der Waals surface area contributed by atoms with Crippen LogP contribution in [0.15, 0.2) is 42.6 Å². The molecule has 2 aromatic carbocycles. The molecule has 6 rings (SSSR count). The number of nitrogens with zero attached hydrogens (tertiary/aromatic N) is 1. The zero-order chi connectivity index (χ0) is 26.4. The van der Waals surface area contributed by atoms with E-state index in [0.717, 1.165) is 71.6 Å². The van der Waals surface area contributed by atoms with Crippen molar-refractivity contribution in [3.05, 3.63) is 76.2 Å². The van der Waals surface area contributed by atoms with Gasteiger partial charge in [-0.05, 0) is 103 Å². The lowest BCUT2D eigenvalue weighted by Gasteiger charge is -2.19. The van der Waals surface area contributed by atoms with Gasteiger partial charge in [-0.15, -0.1) is 0 Å². The molecule has 1 aromatic heterocycles. The number of hydrogen-bond donors (Lipinski definition) is 2. The average Bonchev–Trinajstić information content (AvgIpc) is 3.31. The smallest absolute Gasteiger partial charge is 0.307 e. The van der Waals surface area contributed by atoms with Crippen molar-refractivity contribution in [1.29, 1.82) is 0 Å². The molecule has 0 bridgehead atoms. The van der Waals surface area contributed by atoms with Gasteiger partial charge in [0.2, 0.25) is 0 Å². The Bertz CT molecular complexity index is 1340. The zero-order valence-electron chi connectivity index (χ0n) is 21.8. The second kappa shape index (κ2) is 10.0. The molecule has 38 heavy (non-hydrogen) atoms. The maximum atomic E-state index is 15.2. The molecule has 2 N–H and O–H groups in total. The van der Waals surface area contributed by atoms with Gasteiger partial charge in [-0.1, -0.05) is 12.1 Å². The number of pyridine rings is 1. The number of carboxylic acids is 1. The molecule has 2 fully saturated rings. The highest BCUT2D eigenvalue weighted by Crippen LogP contribution is 2.48. The number of benzene rings is 2. The number of anilines is 1. The van der Waals surface area contributed by atoms with E-state index in [9.17, 15) is 9.90 Å². The molecule has 1 aliphatic heterocycles. The Labute approximate surface area is 222 Å². The Morgan fingerprint density at radius 2 is 2.00 bits per heavy atom. The van der Waals surface area contributed by atoms with Crippen LogP contribution in [0.3, 0.4) is 0 Å². The zero-order valence-corrected chi connectivity index (χ0v) is 21.8. The number of aliphatic carboxylic acids is 1. The van der Waals surface area contributed by atoms with Gasteiger partial charge in [0, 0.05) is 24.3 Å².